The Balaban J connectivity index is 1.95. The molecule has 0 spiro atoms. The first-order valence-electron chi connectivity index (χ1n) is 6.23. The summed E-state index contributed by atoms with van der Waals surface area (Å²) in [6.07, 6.45) is 3.64. The Morgan fingerprint density at radius 1 is 1.47 bits per heavy atom. The molecule has 1 aliphatic heterocycles. The Labute approximate surface area is 101 Å². The molecule has 0 radical (unpaired) electrons. The number of carbonyl (C=O) groups is 1. The molecule has 1 aromatic heterocycles. The minimum Gasteiger partial charge on any atom is -0.424 e. The van der Waals surface area contributed by atoms with Gasteiger partial charge in [0, 0.05) is 18.9 Å². The lowest BCUT2D eigenvalue weighted by Crippen LogP contribution is -2.30. The SMILES string of the molecule is CCc1nnc(CN2CCCC2CC(C)=O)o1. The van der Waals surface area contributed by atoms with Crippen LogP contribution in [0.1, 0.15) is 44.9 Å². The number of hydrogen-bond acceptors (Lipinski definition) is 5. The molecule has 2 heterocycles. The highest BCUT2D eigenvalue weighted by atomic mass is 16.4. The van der Waals surface area contributed by atoms with Gasteiger partial charge in [0.25, 0.3) is 0 Å². The van der Waals surface area contributed by atoms with Crippen molar-refractivity contribution in [3.8, 4) is 0 Å². The molecule has 0 N–H and O–H groups in total. The largest absolute Gasteiger partial charge is 0.424 e. The minimum absolute atomic E-state index is 0.252. The zero-order chi connectivity index (χ0) is 12.3. The third-order valence-corrected chi connectivity index (χ3v) is 3.17. The van der Waals surface area contributed by atoms with Gasteiger partial charge in [0.15, 0.2) is 0 Å². The maximum absolute atomic E-state index is 11.2. The third-order valence-electron chi connectivity index (χ3n) is 3.17. The number of carbonyl (C=O) groups excluding carboxylic acids is 1. The monoisotopic (exact) mass is 237 g/mol. The van der Waals surface area contributed by atoms with Crippen LogP contribution in [-0.2, 0) is 17.8 Å². The maximum Gasteiger partial charge on any atom is 0.230 e. The molecule has 0 aliphatic carbocycles. The van der Waals surface area contributed by atoms with Crippen LogP contribution in [0.3, 0.4) is 0 Å². The van der Waals surface area contributed by atoms with Crippen molar-refractivity contribution in [2.75, 3.05) is 6.54 Å². The second kappa shape index (κ2) is 5.40. The van der Waals surface area contributed by atoms with Gasteiger partial charge in [0.2, 0.25) is 11.8 Å². The number of likely N-dealkylation sites (tertiary alicyclic amines) is 1. The van der Waals surface area contributed by atoms with Crippen molar-refractivity contribution in [1.82, 2.24) is 15.1 Å². The van der Waals surface area contributed by atoms with Crippen molar-refractivity contribution in [2.45, 2.75) is 52.1 Å². The Morgan fingerprint density at radius 2 is 2.24 bits per heavy atom. The van der Waals surface area contributed by atoms with Gasteiger partial charge in [-0.3, -0.25) is 9.69 Å². The van der Waals surface area contributed by atoms with E-state index in [2.05, 4.69) is 15.1 Å². The lowest BCUT2D eigenvalue weighted by molar-refractivity contribution is -0.118. The minimum atomic E-state index is 0.252. The Bertz CT molecular complexity index is 389. The highest BCUT2D eigenvalue weighted by Crippen LogP contribution is 2.22. The summed E-state index contributed by atoms with van der Waals surface area (Å²) in [5, 5.41) is 7.97. The van der Waals surface area contributed by atoms with E-state index < -0.39 is 0 Å². The fraction of sp³-hybridized carbons (Fsp3) is 0.750. The van der Waals surface area contributed by atoms with Crippen molar-refractivity contribution in [3.63, 3.8) is 0 Å². The van der Waals surface area contributed by atoms with Gasteiger partial charge in [-0.15, -0.1) is 10.2 Å². The molecule has 1 unspecified atom stereocenters. The average Bonchev–Trinajstić information content (AvgIpc) is 2.89. The first kappa shape index (κ1) is 12.2. The van der Waals surface area contributed by atoms with Crippen molar-refractivity contribution in [2.24, 2.45) is 0 Å². The standard InChI is InChI=1S/C12H19N3O2/c1-3-11-13-14-12(17-11)8-15-6-4-5-10(15)7-9(2)16/h10H,3-8H2,1-2H3. The van der Waals surface area contributed by atoms with E-state index >= 15 is 0 Å². The van der Waals surface area contributed by atoms with E-state index in [1.165, 1.54) is 0 Å². The fourth-order valence-electron chi connectivity index (χ4n) is 2.34. The third kappa shape index (κ3) is 3.12. The van der Waals surface area contributed by atoms with Gasteiger partial charge in [-0.2, -0.15) is 0 Å². The van der Waals surface area contributed by atoms with Crippen LogP contribution >= 0.6 is 0 Å². The summed E-state index contributed by atoms with van der Waals surface area (Å²) in [6.45, 7) is 5.33. The molecular weight excluding hydrogens is 218 g/mol. The highest BCUT2D eigenvalue weighted by Gasteiger charge is 2.26. The van der Waals surface area contributed by atoms with Crippen LogP contribution in [0.15, 0.2) is 4.42 Å². The molecule has 0 saturated carbocycles. The molecule has 0 amide bonds. The van der Waals surface area contributed by atoms with Crippen LogP contribution in [0.4, 0.5) is 0 Å². The summed E-state index contributed by atoms with van der Waals surface area (Å²) in [5.41, 5.74) is 0. The lowest BCUT2D eigenvalue weighted by Gasteiger charge is -2.21. The summed E-state index contributed by atoms with van der Waals surface area (Å²) >= 11 is 0. The van der Waals surface area contributed by atoms with Gasteiger partial charge >= 0.3 is 0 Å². The molecule has 1 aromatic rings. The molecule has 1 aliphatic rings. The average molecular weight is 237 g/mol. The molecule has 5 heteroatoms. The second-order valence-corrected chi connectivity index (χ2v) is 4.62. The summed E-state index contributed by atoms with van der Waals surface area (Å²) in [6, 6.07) is 0.351. The smallest absolute Gasteiger partial charge is 0.230 e. The van der Waals surface area contributed by atoms with E-state index in [0.717, 1.165) is 25.8 Å². The predicted octanol–water partition coefficient (Wildman–Crippen LogP) is 1.58. The second-order valence-electron chi connectivity index (χ2n) is 4.62. The first-order valence-corrected chi connectivity index (χ1v) is 6.23. The predicted molar refractivity (Wildman–Crippen MR) is 62.4 cm³/mol. The quantitative estimate of drug-likeness (QED) is 0.778. The zero-order valence-corrected chi connectivity index (χ0v) is 10.5. The first-order chi connectivity index (χ1) is 8.19. The van der Waals surface area contributed by atoms with E-state index in [-0.39, 0.29) is 5.78 Å². The Kier molecular flexibility index (Phi) is 3.89. The Morgan fingerprint density at radius 3 is 2.88 bits per heavy atom. The molecule has 0 bridgehead atoms. The number of aryl methyl sites for hydroxylation is 1. The Hall–Kier alpha value is -1.23. The zero-order valence-electron chi connectivity index (χ0n) is 10.5. The number of ketones is 1. The fourth-order valence-corrected chi connectivity index (χ4v) is 2.34. The lowest BCUT2D eigenvalue weighted by atomic mass is 10.1. The van der Waals surface area contributed by atoms with E-state index in [0.29, 0.717) is 30.8 Å². The van der Waals surface area contributed by atoms with Crippen molar-refractivity contribution < 1.29 is 9.21 Å². The topological polar surface area (TPSA) is 59.2 Å². The molecular formula is C12H19N3O2. The van der Waals surface area contributed by atoms with Crippen LogP contribution < -0.4 is 0 Å². The van der Waals surface area contributed by atoms with Gasteiger partial charge in [-0.1, -0.05) is 6.92 Å². The van der Waals surface area contributed by atoms with E-state index in [1.54, 1.807) is 6.92 Å². The van der Waals surface area contributed by atoms with E-state index in [1.807, 2.05) is 6.92 Å². The molecule has 1 fully saturated rings. The van der Waals surface area contributed by atoms with E-state index in [4.69, 9.17) is 4.42 Å². The van der Waals surface area contributed by atoms with Crippen LogP contribution in [0.25, 0.3) is 0 Å². The molecule has 1 atom stereocenters. The van der Waals surface area contributed by atoms with Gasteiger partial charge < -0.3 is 4.42 Å². The van der Waals surface area contributed by atoms with Crippen molar-refractivity contribution >= 4 is 5.78 Å². The number of hydrogen-bond donors (Lipinski definition) is 0. The number of aromatic nitrogens is 2. The summed E-state index contributed by atoms with van der Waals surface area (Å²) in [5.74, 6) is 1.60. The summed E-state index contributed by atoms with van der Waals surface area (Å²) < 4.78 is 5.50. The summed E-state index contributed by atoms with van der Waals surface area (Å²) in [4.78, 5) is 13.4. The molecule has 1 saturated heterocycles. The molecule has 17 heavy (non-hydrogen) atoms. The van der Waals surface area contributed by atoms with Crippen molar-refractivity contribution in [3.05, 3.63) is 11.8 Å². The van der Waals surface area contributed by atoms with Crippen molar-refractivity contribution in [1.29, 1.82) is 0 Å². The van der Waals surface area contributed by atoms with Gasteiger partial charge in [-0.25, -0.2) is 0 Å². The van der Waals surface area contributed by atoms with Crippen LogP contribution in [0.5, 0.6) is 0 Å². The molecule has 94 valence electrons. The van der Waals surface area contributed by atoms with Crippen LogP contribution in [0.2, 0.25) is 0 Å². The number of rotatable bonds is 5. The maximum atomic E-state index is 11.2. The number of nitrogens with zero attached hydrogens (tertiary/aromatic N) is 3. The highest BCUT2D eigenvalue weighted by molar-refractivity contribution is 5.76. The van der Waals surface area contributed by atoms with Gasteiger partial charge in [-0.05, 0) is 26.3 Å². The molecule has 5 nitrogen and oxygen atoms in total. The van der Waals surface area contributed by atoms with Crippen LogP contribution in [0, 0.1) is 0 Å². The van der Waals surface area contributed by atoms with Gasteiger partial charge in [0.1, 0.15) is 5.78 Å². The summed E-state index contributed by atoms with van der Waals surface area (Å²) in [7, 11) is 0. The van der Waals surface area contributed by atoms with Gasteiger partial charge in [0.05, 0.1) is 6.54 Å². The molecule has 2 rings (SSSR count). The van der Waals surface area contributed by atoms with Crippen LogP contribution in [-0.4, -0.2) is 33.5 Å². The number of Topliss-reactive ketones (excluding diaryl/α,β-unsaturated/α-hetero) is 1. The normalized spacial score (nSPS) is 20.9. The van der Waals surface area contributed by atoms with E-state index in [9.17, 15) is 4.79 Å². The molecule has 0 aromatic carbocycles.